The van der Waals surface area contributed by atoms with Gasteiger partial charge in [0, 0.05) is 5.92 Å². The quantitative estimate of drug-likeness (QED) is 0.799. The number of ether oxygens (including phenoxy) is 1. The number of fused-ring (bicyclic) bond motifs is 3. The van der Waals surface area contributed by atoms with Gasteiger partial charge < -0.3 is 15.2 Å². The molecule has 2 atom stereocenters. The smallest absolute Gasteiger partial charge is 0.407 e. The third-order valence-corrected chi connectivity index (χ3v) is 5.46. The highest BCUT2D eigenvalue weighted by atomic mass is 16.5. The van der Waals surface area contributed by atoms with Crippen LogP contribution in [0.4, 0.5) is 4.79 Å². The van der Waals surface area contributed by atoms with Crippen LogP contribution in [0.25, 0.3) is 11.1 Å². The van der Waals surface area contributed by atoms with Crippen LogP contribution < -0.4 is 5.32 Å². The molecular formula is C22H25NO4. The summed E-state index contributed by atoms with van der Waals surface area (Å²) in [4.78, 5) is 23.8. The molecule has 0 heterocycles. The van der Waals surface area contributed by atoms with Crippen molar-refractivity contribution in [3.63, 3.8) is 0 Å². The molecule has 0 radical (unpaired) electrons. The lowest BCUT2D eigenvalue weighted by Gasteiger charge is -2.24. The van der Waals surface area contributed by atoms with Crippen LogP contribution in [0.15, 0.2) is 48.5 Å². The predicted molar refractivity (Wildman–Crippen MR) is 104 cm³/mol. The van der Waals surface area contributed by atoms with Crippen molar-refractivity contribution in [2.75, 3.05) is 6.61 Å². The van der Waals surface area contributed by atoms with E-state index < -0.39 is 18.1 Å². The zero-order valence-electron chi connectivity index (χ0n) is 15.8. The minimum Gasteiger partial charge on any atom is -0.480 e. The highest BCUT2D eigenvalue weighted by Crippen LogP contribution is 2.44. The van der Waals surface area contributed by atoms with Crippen LogP contribution in [0.2, 0.25) is 0 Å². The molecule has 0 bridgehead atoms. The monoisotopic (exact) mass is 367 g/mol. The summed E-state index contributed by atoms with van der Waals surface area (Å²) in [7, 11) is 0. The van der Waals surface area contributed by atoms with Crippen LogP contribution in [0.5, 0.6) is 0 Å². The molecule has 2 aromatic carbocycles. The van der Waals surface area contributed by atoms with Crippen LogP contribution in [-0.4, -0.2) is 29.8 Å². The maximum Gasteiger partial charge on any atom is 0.407 e. The van der Waals surface area contributed by atoms with E-state index in [1.807, 2.05) is 57.2 Å². The van der Waals surface area contributed by atoms with Crippen LogP contribution in [-0.2, 0) is 9.53 Å². The molecule has 2 aromatic rings. The summed E-state index contributed by atoms with van der Waals surface area (Å²) in [5, 5.41) is 11.9. The molecule has 1 amide bonds. The second kappa shape index (κ2) is 7.82. The molecule has 0 saturated carbocycles. The first kappa shape index (κ1) is 19.0. The van der Waals surface area contributed by atoms with E-state index in [-0.39, 0.29) is 24.4 Å². The number of amides is 1. The Morgan fingerprint density at radius 3 is 2.00 bits per heavy atom. The van der Waals surface area contributed by atoms with Crippen molar-refractivity contribution < 1.29 is 19.4 Å². The Morgan fingerprint density at radius 1 is 1.00 bits per heavy atom. The molecule has 5 heteroatoms. The average Bonchev–Trinajstić information content (AvgIpc) is 2.97. The van der Waals surface area contributed by atoms with E-state index in [1.165, 1.54) is 0 Å². The van der Waals surface area contributed by atoms with Crippen LogP contribution >= 0.6 is 0 Å². The van der Waals surface area contributed by atoms with E-state index >= 15 is 0 Å². The molecule has 27 heavy (non-hydrogen) atoms. The highest BCUT2D eigenvalue weighted by molar-refractivity contribution is 5.81. The molecule has 5 nitrogen and oxygen atoms in total. The Hall–Kier alpha value is -2.82. The molecule has 0 aromatic heterocycles. The summed E-state index contributed by atoms with van der Waals surface area (Å²) >= 11 is 0. The average molecular weight is 367 g/mol. The highest BCUT2D eigenvalue weighted by Gasteiger charge is 2.31. The van der Waals surface area contributed by atoms with Gasteiger partial charge in [-0.05, 0) is 34.1 Å². The van der Waals surface area contributed by atoms with Crippen molar-refractivity contribution in [1.82, 2.24) is 5.32 Å². The fourth-order valence-corrected chi connectivity index (χ4v) is 3.57. The number of nitrogens with one attached hydrogen (secondary N) is 1. The van der Waals surface area contributed by atoms with Crippen molar-refractivity contribution in [3.05, 3.63) is 59.7 Å². The van der Waals surface area contributed by atoms with Crippen molar-refractivity contribution in [2.45, 2.75) is 32.7 Å². The van der Waals surface area contributed by atoms with Gasteiger partial charge in [0.25, 0.3) is 0 Å². The van der Waals surface area contributed by atoms with Crippen molar-refractivity contribution in [2.24, 2.45) is 11.8 Å². The third kappa shape index (κ3) is 3.82. The summed E-state index contributed by atoms with van der Waals surface area (Å²) in [5.41, 5.74) is 4.55. The van der Waals surface area contributed by atoms with Crippen molar-refractivity contribution in [3.8, 4) is 11.1 Å². The molecule has 3 rings (SSSR count). The number of carbonyl (C=O) groups excluding carboxylic acids is 1. The summed E-state index contributed by atoms with van der Waals surface area (Å²) in [6, 6.07) is 15.2. The summed E-state index contributed by atoms with van der Waals surface area (Å²) < 4.78 is 5.44. The molecule has 0 spiro atoms. The van der Waals surface area contributed by atoms with Gasteiger partial charge in [-0.25, -0.2) is 9.59 Å². The molecule has 1 aliphatic carbocycles. The van der Waals surface area contributed by atoms with Gasteiger partial charge in [-0.2, -0.15) is 0 Å². The molecule has 0 unspecified atom stereocenters. The first-order valence-electron chi connectivity index (χ1n) is 9.24. The van der Waals surface area contributed by atoms with Gasteiger partial charge in [0.1, 0.15) is 12.6 Å². The molecule has 2 N–H and O–H groups in total. The number of rotatable bonds is 6. The topological polar surface area (TPSA) is 75.6 Å². The largest absolute Gasteiger partial charge is 0.480 e. The standard InChI is InChI=1S/C22H25NO4/c1-13(2)14(3)20(21(24)25)23-22(26)27-12-19-17-10-6-4-8-15(17)16-9-5-7-11-18(16)19/h4-11,13-14,19-20H,12H2,1-3H3,(H,23,26)(H,24,25)/t14-,20+/m0/s1. The Bertz CT molecular complexity index is 800. The Kier molecular flexibility index (Phi) is 5.49. The Morgan fingerprint density at radius 2 is 1.52 bits per heavy atom. The zero-order chi connectivity index (χ0) is 19.6. The number of carboxylic acids is 1. The minimum atomic E-state index is -1.05. The lowest BCUT2D eigenvalue weighted by molar-refractivity contribution is -0.141. The van der Waals surface area contributed by atoms with Gasteiger partial charge in [-0.15, -0.1) is 0 Å². The second-order valence-electron chi connectivity index (χ2n) is 7.39. The van der Waals surface area contributed by atoms with E-state index in [2.05, 4.69) is 17.4 Å². The molecule has 1 aliphatic rings. The predicted octanol–water partition coefficient (Wildman–Crippen LogP) is 4.27. The van der Waals surface area contributed by atoms with E-state index in [9.17, 15) is 14.7 Å². The van der Waals surface area contributed by atoms with Crippen LogP contribution in [0, 0.1) is 11.8 Å². The number of carboxylic acid groups (broad SMARTS) is 1. The normalized spacial score (nSPS) is 15.0. The maximum atomic E-state index is 12.3. The second-order valence-corrected chi connectivity index (χ2v) is 7.39. The number of alkyl carbamates (subject to hydrolysis) is 1. The summed E-state index contributed by atoms with van der Waals surface area (Å²) in [6.07, 6.45) is -0.697. The molecular weight excluding hydrogens is 342 g/mol. The van der Waals surface area contributed by atoms with Gasteiger partial charge in [-0.1, -0.05) is 69.3 Å². The number of hydrogen-bond acceptors (Lipinski definition) is 3. The molecule has 0 fully saturated rings. The van der Waals surface area contributed by atoms with Gasteiger partial charge in [0.2, 0.25) is 0 Å². The maximum absolute atomic E-state index is 12.3. The summed E-state index contributed by atoms with van der Waals surface area (Å²) in [5.74, 6) is -1.18. The van der Waals surface area contributed by atoms with Gasteiger partial charge >= 0.3 is 12.1 Å². The van der Waals surface area contributed by atoms with Crippen LogP contribution in [0.1, 0.15) is 37.8 Å². The minimum absolute atomic E-state index is 0.0473. The Balaban J connectivity index is 1.71. The van der Waals surface area contributed by atoms with Gasteiger partial charge in [-0.3, -0.25) is 0 Å². The number of benzene rings is 2. The zero-order valence-corrected chi connectivity index (χ0v) is 15.8. The Labute approximate surface area is 159 Å². The van der Waals surface area contributed by atoms with Crippen molar-refractivity contribution >= 4 is 12.1 Å². The first-order valence-corrected chi connectivity index (χ1v) is 9.24. The fraction of sp³-hybridized carbons (Fsp3) is 0.364. The molecule has 0 saturated heterocycles. The number of hydrogen-bond donors (Lipinski definition) is 2. The van der Waals surface area contributed by atoms with Crippen LogP contribution in [0.3, 0.4) is 0 Å². The van der Waals surface area contributed by atoms with E-state index in [0.717, 1.165) is 22.3 Å². The van der Waals surface area contributed by atoms with Gasteiger partial charge in [0.15, 0.2) is 0 Å². The van der Waals surface area contributed by atoms with E-state index in [0.29, 0.717) is 0 Å². The third-order valence-electron chi connectivity index (χ3n) is 5.46. The van der Waals surface area contributed by atoms with E-state index in [1.54, 1.807) is 0 Å². The van der Waals surface area contributed by atoms with Crippen molar-refractivity contribution in [1.29, 1.82) is 0 Å². The van der Waals surface area contributed by atoms with Gasteiger partial charge in [0.05, 0.1) is 0 Å². The summed E-state index contributed by atoms with van der Waals surface area (Å²) in [6.45, 7) is 5.84. The molecule has 0 aliphatic heterocycles. The van der Waals surface area contributed by atoms with E-state index in [4.69, 9.17) is 4.74 Å². The molecule has 142 valence electrons. The lowest BCUT2D eigenvalue weighted by atomic mass is 9.90. The SMILES string of the molecule is CC(C)[C@H](C)[C@@H](NC(=O)OCC1c2ccccc2-c2ccccc21)C(=O)O. The first-order chi connectivity index (χ1) is 12.9. The number of carbonyl (C=O) groups is 2. The number of aliphatic carboxylic acids is 1. The fourth-order valence-electron chi connectivity index (χ4n) is 3.57. The lowest BCUT2D eigenvalue weighted by Crippen LogP contribution is -2.47.